The summed E-state index contributed by atoms with van der Waals surface area (Å²) in [7, 11) is 0. The summed E-state index contributed by atoms with van der Waals surface area (Å²) in [5, 5.41) is 18.4. The molecule has 1 unspecified atom stereocenters. The molecular weight excluding hydrogens is 402 g/mol. The molecule has 2 fully saturated rings. The lowest BCUT2D eigenvalue weighted by atomic mass is 10.0. The average molecular weight is 442 g/mol. The SMILES string of the molecule is CCCCCCCCCCC(NC(=O)CCCC[C@@H]1SC[C@@H]2NC(=O)N[C@@H]21)C(=O)O. The number of thioether (sulfide) groups is 1. The van der Waals surface area contributed by atoms with Crippen molar-refractivity contribution in [2.45, 2.75) is 114 Å². The predicted molar refractivity (Wildman–Crippen MR) is 121 cm³/mol. The van der Waals surface area contributed by atoms with E-state index in [1.807, 2.05) is 11.8 Å². The number of rotatable bonds is 16. The van der Waals surface area contributed by atoms with Gasteiger partial charge < -0.3 is 21.1 Å². The van der Waals surface area contributed by atoms with Crippen molar-refractivity contribution in [1.82, 2.24) is 16.0 Å². The van der Waals surface area contributed by atoms with Crippen LogP contribution in [0.3, 0.4) is 0 Å². The Hall–Kier alpha value is -1.44. The smallest absolute Gasteiger partial charge is 0.326 e. The highest BCUT2D eigenvalue weighted by atomic mass is 32.2. The standard InChI is InChI=1S/C22H39N3O4S/c1-2-3-4-5-6-7-8-9-12-16(21(27)28)23-19(26)14-11-10-13-18-20-17(15-30-18)24-22(29)25-20/h16-18,20H,2-15H2,1H3,(H,23,26)(H,27,28)(H2,24,25,29)/t16?,17-,18-,20-/m0/s1. The number of amides is 3. The van der Waals surface area contributed by atoms with Gasteiger partial charge in [0.25, 0.3) is 0 Å². The number of unbranched alkanes of at least 4 members (excludes halogenated alkanes) is 8. The minimum Gasteiger partial charge on any atom is -0.480 e. The molecule has 0 spiro atoms. The largest absolute Gasteiger partial charge is 0.480 e. The zero-order valence-electron chi connectivity index (χ0n) is 18.3. The quantitative estimate of drug-likeness (QED) is 0.215. The molecule has 0 bridgehead atoms. The van der Waals surface area contributed by atoms with E-state index in [2.05, 4.69) is 22.9 Å². The number of urea groups is 1. The van der Waals surface area contributed by atoms with Crippen LogP contribution >= 0.6 is 11.8 Å². The molecule has 0 saturated carbocycles. The fourth-order valence-electron chi connectivity index (χ4n) is 4.28. The van der Waals surface area contributed by atoms with Gasteiger partial charge in [-0.1, -0.05) is 64.7 Å². The molecule has 0 aromatic heterocycles. The molecule has 2 heterocycles. The van der Waals surface area contributed by atoms with E-state index < -0.39 is 12.0 Å². The maximum atomic E-state index is 12.2. The molecule has 4 N–H and O–H groups in total. The van der Waals surface area contributed by atoms with Crippen molar-refractivity contribution < 1.29 is 19.5 Å². The van der Waals surface area contributed by atoms with Crippen LogP contribution in [0.1, 0.15) is 90.4 Å². The number of hydrogen-bond donors (Lipinski definition) is 4. The average Bonchev–Trinajstić information content (AvgIpc) is 3.25. The highest BCUT2D eigenvalue weighted by Crippen LogP contribution is 2.33. The van der Waals surface area contributed by atoms with E-state index in [-0.39, 0.29) is 24.0 Å². The lowest BCUT2D eigenvalue weighted by Crippen LogP contribution is -2.40. The summed E-state index contributed by atoms with van der Waals surface area (Å²) in [5.74, 6) is -0.174. The number of carboxylic acids is 1. The topological polar surface area (TPSA) is 108 Å². The Morgan fingerprint density at radius 1 is 1.07 bits per heavy atom. The van der Waals surface area contributed by atoms with Gasteiger partial charge in [0.05, 0.1) is 12.1 Å². The first kappa shape index (κ1) is 24.8. The van der Waals surface area contributed by atoms with Crippen LogP contribution < -0.4 is 16.0 Å². The number of carbonyl (C=O) groups excluding carboxylic acids is 2. The minimum absolute atomic E-state index is 0.0779. The van der Waals surface area contributed by atoms with Crippen LogP contribution in [-0.2, 0) is 9.59 Å². The van der Waals surface area contributed by atoms with Crippen molar-refractivity contribution in [3.63, 3.8) is 0 Å². The molecule has 8 heteroatoms. The normalized spacial score (nSPS) is 23.5. The monoisotopic (exact) mass is 441 g/mol. The van der Waals surface area contributed by atoms with Gasteiger partial charge in [-0.05, 0) is 19.3 Å². The van der Waals surface area contributed by atoms with E-state index in [9.17, 15) is 19.5 Å². The van der Waals surface area contributed by atoms with E-state index in [1.165, 1.54) is 32.1 Å². The summed E-state index contributed by atoms with van der Waals surface area (Å²) in [6, 6.07) is -0.433. The van der Waals surface area contributed by atoms with Gasteiger partial charge in [0.15, 0.2) is 0 Å². The Balaban J connectivity index is 1.53. The molecule has 0 aromatic carbocycles. The Bertz CT molecular complexity index is 561. The molecule has 2 saturated heterocycles. The number of aliphatic carboxylic acids is 1. The molecule has 4 atom stereocenters. The molecule has 3 amide bonds. The van der Waals surface area contributed by atoms with E-state index in [1.54, 1.807) is 0 Å². The van der Waals surface area contributed by atoms with Gasteiger partial charge in [-0.3, -0.25) is 4.79 Å². The lowest BCUT2D eigenvalue weighted by Gasteiger charge is -2.17. The molecular formula is C22H39N3O4S. The predicted octanol–water partition coefficient (Wildman–Crippen LogP) is 3.81. The Morgan fingerprint density at radius 2 is 1.77 bits per heavy atom. The summed E-state index contributed by atoms with van der Waals surface area (Å²) in [6.07, 6.45) is 12.8. The van der Waals surface area contributed by atoms with E-state index >= 15 is 0 Å². The van der Waals surface area contributed by atoms with Crippen LogP contribution in [0.25, 0.3) is 0 Å². The molecule has 2 aliphatic rings. The second-order valence-corrected chi connectivity index (χ2v) is 9.86. The molecule has 7 nitrogen and oxygen atoms in total. The maximum absolute atomic E-state index is 12.2. The Morgan fingerprint density at radius 3 is 2.47 bits per heavy atom. The first-order valence-electron chi connectivity index (χ1n) is 11.7. The van der Waals surface area contributed by atoms with Gasteiger partial charge in [0, 0.05) is 17.4 Å². The third-order valence-electron chi connectivity index (χ3n) is 6.06. The van der Waals surface area contributed by atoms with Gasteiger partial charge >= 0.3 is 12.0 Å². The lowest BCUT2D eigenvalue weighted by molar-refractivity contribution is -0.142. The van der Waals surface area contributed by atoms with Gasteiger partial charge in [-0.25, -0.2) is 9.59 Å². The molecule has 2 aliphatic heterocycles. The maximum Gasteiger partial charge on any atom is 0.326 e. The van der Waals surface area contributed by atoms with Crippen molar-refractivity contribution in [2.24, 2.45) is 0 Å². The number of nitrogens with one attached hydrogen (secondary N) is 3. The highest BCUT2D eigenvalue weighted by molar-refractivity contribution is 8.00. The highest BCUT2D eigenvalue weighted by Gasteiger charge is 2.42. The summed E-state index contributed by atoms with van der Waals surface area (Å²) < 4.78 is 0. The van der Waals surface area contributed by atoms with Crippen LogP contribution in [0.2, 0.25) is 0 Å². The molecule has 0 aromatic rings. The zero-order chi connectivity index (χ0) is 21.8. The summed E-state index contributed by atoms with van der Waals surface area (Å²) >= 11 is 1.87. The van der Waals surface area contributed by atoms with Crippen LogP contribution in [0.15, 0.2) is 0 Å². The third-order valence-corrected chi connectivity index (χ3v) is 7.57. The van der Waals surface area contributed by atoms with Gasteiger partial charge in [-0.15, -0.1) is 0 Å². The van der Waals surface area contributed by atoms with E-state index in [0.29, 0.717) is 18.1 Å². The fourth-order valence-corrected chi connectivity index (χ4v) is 5.82. The fraction of sp³-hybridized carbons (Fsp3) is 0.864. The molecule has 0 radical (unpaired) electrons. The number of fused-ring (bicyclic) bond motifs is 1. The van der Waals surface area contributed by atoms with Crippen LogP contribution in [0.4, 0.5) is 4.79 Å². The zero-order valence-corrected chi connectivity index (χ0v) is 19.1. The summed E-state index contributed by atoms with van der Waals surface area (Å²) in [4.78, 5) is 35.0. The van der Waals surface area contributed by atoms with E-state index in [4.69, 9.17) is 0 Å². The van der Waals surface area contributed by atoms with Crippen LogP contribution in [0.5, 0.6) is 0 Å². The third kappa shape index (κ3) is 8.74. The molecule has 0 aliphatic carbocycles. The first-order valence-corrected chi connectivity index (χ1v) is 12.8. The van der Waals surface area contributed by atoms with E-state index in [0.717, 1.165) is 44.3 Å². The summed E-state index contributed by atoms with van der Waals surface area (Å²) in [6.45, 7) is 2.21. The van der Waals surface area contributed by atoms with Crippen LogP contribution in [0, 0.1) is 0 Å². The number of carbonyl (C=O) groups is 3. The van der Waals surface area contributed by atoms with Crippen molar-refractivity contribution >= 4 is 29.7 Å². The molecule has 30 heavy (non-hydrogen) atoms. The van der Waals surface area contributed by atoms with Gasteiger partial charge in [-0.2, -0.15) is 11.8 Å². The van der Waals surface area contributed by atoms with Crippen LogP contribution in [-0.4, -0.2) is 52.1 Å². The number of carboxylic acid groups (broad SMARTS) is 1. The molecule has 2 rings (SSSR count). The van der Waals surface area contributed by atoms with Gasteiger partial charge in [0.2, 0.25) is 5.91 Å². The number of hydrogen-bond acceptors (Lipinski definition) is 4. The van der Waals surface area contributed by atoms with Gasteiger partial charge in [0.1, 0.15) is 6.04 Å². The van der Waals surface area contributed by atoms with Crippen molar-refractivity contribution in [3.8, 4) is 0 Å². The van der Waals surface area contributed by atoms with Crippen molar-refractivity contribution in [3.05, 3.63) is 0 Å². The van der Waals surface area contributed by atoms with Crippen molar-refractivity contribution in [2.75, 3.05) is 5.75 Å². The minimum atomic E-state index is -0.941. The summed E-state index contributed by atoms with van der Waals surface area (Å²) in [5.41, 5.74) is 0. The van der Waals surface area contributed by atoms with Crippen molar-refractivity contribution in [1.29, 1.82) is 0 Å². The Labute approximate surface area is 184 Å². The second kappa shape index (κ2) is 13.8. The first-order chi connectivity index (χ1) is 14.5. The Kier molecular flexibility index (Phi) is 11.4. The molecule has 172 valence electrons. The second-order valence-electron chi connectivity index (χ2n) is 8.59.